The van der Waals surface area contributed by atoms with E-state index >= 15 is 0 Å². The predicted molar refractivity (Wildman–Crippen MR) is 115 cm³/mol. The third kappa shape index (κ3) is 4.49. The number of hydrogen-bond acceptors (Lipinski definition) is 4. The van der Waals surface area contributed by atoms with Crippen molar-refractivity contribution in [3.63, 3.8) is 0 Å². The molecular formula is C24H30N2O2. The number of carbonyl (C=O) groups excluding carboxylic acids is 1. The third-order valence-electron chi connectivity index (χ3n) is 5.82. The number of esters is 1. The van der Waals surface area contributed by atoms with Crippen LogP contribution in [0.5, 0.6) is 5.75 Å². The highest BCUT2D eigenvalue weighted by Crippen LogP contribution is 2.35. The van der Waals surface area contributed by atoms with Gasteiger partial charge in [-0.05, 0) is 62.4 Å². The number of nitrogens with zero attached hydrogens (tertiary/aromatic N) is 2. The molecule has 0 amide bonds. The molecule has 0 unspecified atom stereocenters. The van der Waals surface area contributed by atoms with Gasteiger partial charge in [-0.25, -0.2) is 4.79 Å². The van der Waals surface area contributed by atoms with Gasteiger partial charge in [0, 0.05) is 31.9 Å². The SMILES string of the molecule is O=C(Oc1ccc(N2CCCCCC2)cc1N1CCCCC1)c1ccccc1. The zero-order chi connectivity index (χ0) is 19.2. The summed E-state index contributed by atoms with van der Waals surface area (Å²) in [4.78, 5) is 17.5. The lowest BCUT2D eigenvalue weighted by molar-refractivity contribution is 0.0735. The fourth-order valence-corrected chi connectivity index (χ4v) is 4.23. The molecule has 4 heteroatoms. The highest BCUT2D eigenvalue weighted by Gasteiger charge is 2.20. The molecular weight excluding hydrogens is 348 g/mol. The Morgan fingerprint density at radius 1 is 0.714 bits per heavy atom. The van der Waals surface area contributed by atoms with Gasteiger partial charge in [-0.3, -0.25) is 0 Å². The summed E-state index contributed by atoms with van der Waals surface area (Å²) in [6.07, 6.45) is 8.82. The monoisotopic (exact) mass is 378 g/mol. The number of ether oxygens (including phenoxy) is 1. The van der Waals surface area contributed by atoms with Crippen molar-refractivity contribution in [3.8, 4) is 5.75 Å². The van der Waals surface area contributed by atoms with E-state index in [2.05, 4.69) is 21.9 Å². The maximum Gasteiger partial charge on any atom is 0.343 e. The second kappa shape index (κ2) is 9.13. The van der Waals surface area contributed by atoms with Crippen LogP contribution in [0, 0.1) is 0 Å². The van der Waals surface area contributed by atoms with Crippen molar-refractivity contribution in [1.82, 2.24) is 0 Å². The largest absolute Gasteiger partial charge is 0.421 e. The molecule has 2 aromatic rings. The van der Waals surface area contributed by atoms with Crippen LogP contribution in [0.25, 0.3) is 0 Å². The van der Waals surface area contributed by atoms with E-state index in [0.29, 0.717) is 11.3 Å². The van der Waals surface area contributed by atoms with Crippen LogP contribution >= 0.6 is 0 Å². The third-order valence-corrected chi connectivity index (χ3v) is 5.82. The number of benzene rings is 2. The van der Waals surface area contributed by atoms with E-state index in [4.69, 9.17) is 4.74 Å². The Bertz CT molecular complexity index is 776. The van der Waals surface area contributed by atoms with E-state index < -0.39 is 0 Å². The van der Waals surface area contributed by atoms with E-state index in [9.17, 15) is 4.79 Å². The van der Waals surface area contributed by atoms with Crippen LogP contribution in [0.1, 0.15) is 55.3 Å². The van der Waals surface area contributed by atoms with Crippen molar-refractivity contribution in [2.24, 2.45) is 0 Å². The Balaban J connectivity index is 1.61. The molecule has 2 aliphatic heterocycles. The Morgan fingerprint density at radius 2 is 1.32 bits per heavy atom. The minimum atomic E-state index is -0.290. The number of piperidine rings is 1. The standard InChI is InChI=1S/C24H30N2O2/c27-24(20-11-5-3-6-12-20)28-23-14-13-21(25-15-7-1-2-8-16-25)19-22(23)26-17-9-4-10-18-26/h3,5-6,11-14,19H,1-2,4,7-10,15-18H2. The van der Waals surface area contributed by atoms with Gasteiger partial charge < -0.3 is 14.5 Å². The van der Waals surface area contributed by atoms with Crippen molar-refractivity contribution in [2.75, 3.05) is 36.0 Å². The molecule has 4 rings (SSSR count). The molecule has 0 atom stereocenters. The maximum atomic E-state index is 12.6. The molecule has 28 heavy (non-hydrogen) atoms. The van der Waals surface area contributed by atoms with Crippen molar-refractivity contribution >= 4 is 17.3 Å². The lowest BCUT2D eigenvalue weighted by Gasteiger charge is -2.32. The highest BCUT2D eigenvalue weighted by molar-refractivity contribution is 5.92. The minimum Gasteiger partial charge on any atom is -0.421 e. The van der Waals surface area contributed by atoms with Gasteiger partial charge in [0.15, 0.2) is 5.75 Å². The highest BCUT2D eigenvalue weighted by atomic mass is 16.5. The molecule has 0 bridgehead atoms. The molecule has 0 N–H and O–H groups in total. The molecule has 2 saturated heterocycles. The van der Waals surface area contributed by atoms with Gasteiger partial charge >= 0.3 is 5.97 Å². The van der Waals surface area contributed by atoms with E-state index in [-0.39, 0.29) is 5.97 Å². The fourth-order valence-electron chi connectivity index (χ4n) is 4.23. The minimum absolute atomic E-state index is 0.290. The smallest absolute Gasteiger partial charge is 0.343 e. The van der Waals surface area contributed by atoms with E-state index in [0.717, 1.165) is 31.9 Å². The van der Waals surface area contributed by atoms with Crippen LogP contribution in [0.15, 0.2) is 48.5 Å². The lowest BCUT2D eigenvalue weighted by Crippen LogP contribution is -2.31. The first kappa shape index (κ1) is 18.9. The Morgan fingerprint density at radius 3 is 2.00 bits per heavy atom. The van der Waals surface area contributed by atoms with Crippen LogP contribution in [-0.4, -0.2) is 32.1 Å². The second-order valence-electron chi connectivity index (χ2n) is 7.86. The van der Waals surface area contributed by atoms with E-state index in [1.165, 1.54) is 50.6 Å². The van der Waals surface area contributed by atoms with E-state index in [1.807, 2.05) is 24.3 Å². The summed E-state index contributed by atoms with van der Waals surface area (Å²) < 4.78 is 5.85. The van der Waals surface area contributed by atoms with Gasteiger partial charge in [0.1, 0.15) is 0 Å². The van der Waals surface area contributed by atoms with Gasteiger partial charge in [-0.1, -0.05) is 31.0 Å². The van der Waals surface area contributed by atoms with Gasteiger partial charge in [0.2, 0.25) is 0 Å². The van der Waals surface area contributed by atoms with E-state index in [1.54, 1.807) is 12.1 Å². The molecule has 2 fully saturated rings. The summed E-state index contributed by atoms with van der Waals surface area (Å²) in [5.41, 5.74) is 2.90. The molecule has 2 aromatic carbocycles. The van der Waals surface area contributed by atoms with Gasteiger partial charge in [-0.2, -0.15) is 0 Å². The van der Waals surface area contributed by atoms with Crippen molar-refractivity contribution in [3.05, 3.63) is 54.1 Å². The first-order chi connectivity index (χ1) is 13.8. The summed E-state index contributed by atoms with van der Waals surface area (Å²) >= 11 is 0. The molecule has 0 aliphatic carbocycles. The molecule has 2 heterocycles. The normalized spacial score (nSPS) is 17.9. The number of carbonyl (C=O) groups is 1. The van der Waals surface area contributed by atoms with Crippen LogP contribution in [0.4, 0.5) is 11.4 Å². The number of hydrogen-bond donors (Lipinski definition) is 0. The Labute approximate surface area is 168 Å². The lowest BCUT2D eigenvalue weighted by atomic mass is 10.1. The maximum absolute atomic E-state index is 12.6. The average Bonchev–Trinajstić information content (AvgIpc) is 3.05. The summed E-state index contributed by atoms with van der Waals surface area (Å²) in [7, 11) is 0. The number of rotatable bonds is 4. The Hall–Kier alpha value is -2.49. The van der Waals surface area contributed by atoms with Crippen molar-refractivity contribution < 1.29 is 9.53 Å². The summed E-state index contributed by atoms with van der Waals surface area (Å²) in [5, 5.41) is 0. The van der Waals surface area contributed by atoms with Crippen LogP contribution < -0.4 is 14.5 Å². The van der Waals surface area contributed by atoms with Crippen LogP contribution in [0.2, 0.25) is 0 Å². The van der Waals surface area contributed by atoms with Crippen LogP contribution in [0.3, 0.4) is 0 Å². The quantitative estimate of drug-likeness (QED) is 0.535. The summed E-state index contributed by atoms with van der Waals surface area (Å²) in [6.45, 7) is 4.28. The van der Waals surface area contributed by atoms with Crippen LogP contribution in [-0.2, 0) is 0 Å². The average molecular weight is 379 g/mol. The fraction of sp³-hybridized carbons (Fsp3) is 0.458. The molecule has 148 valence electrons. The first-order valence-corrected chi connectivity index (χ1v) is 10.7. The topological polar surface area (TPSA) is 32.8 Å². The van der Waals surface area contributed by atoms with Gasteiger partial charge in [-0.15, -0.1) is 0 Å². The summed E-state index contributed by atoms with van der Waals surface area (Å²) in [6, 6.07) is 15.6. The predicted octanol–water partition coefficient (Wildman–Crippen LogP) is 5.28. The summed E-state index contributed by atoms with van der Waals surface area (Å²) in [5.74, 6) is 0.385. The molecule has 0 radical (unpaired) electrons. The second-order valence-corrected chi connectivity index (χ2v) is 7.86. The molecule has 0 spiro atoms. The van der Waals surface area contributed by atoms with Gasteiger partial charge in [0.05, 0.1) is 11.3 Å². The molecule has 4 nitrogen and oxygen atoms in total. The van der Waals surface area contributed by atoms with Crippen molar-refractivity contribution in [2.45, 2.75) is 44.9 Å². The molecule has 0 aromatic heterocycles. The molecule has 2 aliphatic rings. The first-order valence-electron chi connectivity index (χ1n) is 10.7. The van der Waals surface area contributed by atoms with Gasteiger partial charge in [0.25, 0.3) is 0 Å². The zero-order valence-corrected chi connectivity index (χ0v) is 16.6. The Kier molecular flexibility index (Phi) is 6.15. The number of anilines is 2. The molecule has 0 saturated carbocycles. The van der Waals surface area contributed by atoms with Crippen molar-refractivity contribution in [1.29, 1.82) is 0 Å². The zero-order valence-electron chi connectivity index (χ0n) is 16.6.